The molecule has 0 saturated heterocycles. The maximum atomic E-state index is 13.8. The SMILES string of the molecule is Cc1cc(C)c(CC(O)c2cc(F)c(Cl)cc2F)c(C)c1. The summed E-state index contributed by atoms with van der Waals surface area (Å²) >= 11 is 5.52. The molecule has 2 aromatic rings. The van der Waals surface area contributed by atoms with Gasteiger partial charge in [-0.3, -0.25) is 0 Å². The molecule has 0 spiro atoms. The van der Waals surface area contributed by atoms with E-state index in [0.29, 0.717) is 0 Å². The number of halogens is 3. The first-order valence-corrected chi connectivity index (χ1v) is 7.06. The Morgan fingerprint density at radius 2 is 1.57 bits per heavy atom. The van der Waals surface area contributed by atoms with E-state index >= 15 is 0 Å². The lowest BCUT2D eigenvalue weighted by molar-refractivity contribution is 0.172. The number of hydrogen-bond acceptors (Lipinski definition) is 1. The molecule has 21 heavy (non-hydrogen) atoms. The minimum Gasteiger partial charge on any atom is -0.388 e. The Bertz CT molecular complexity index is 660. The number of benzene rings is 2. The summed E-state index contributed by atoms with van der Waals surface area (Å²) in [5.74, 6) is -1.43. The number of hydrogen-bond donors (Lipinski definition) is 1. The Morgan fingerprint density at radius 1 is 1.00 bits per heavy atom. The second-order valence-electron chi connectivity index (χ2n) is 5.39. The number of aliphatic hydroxyl groups excluding tert-OH is 1. The zero-order chi connectivity index (χ0) is 15.7. The minimum atomic E-state index is -1.11. The lowest BCUT2D eigenvalue weighted by atomic mass is 9.93. The van der Waals surface area contributed by atoms with Crippen LogP contribution in [0.3, 0.4) is 0 Å². The van der Waals surface area contributed by atoms with E-state index in [1.807, 2.05) is 32.9 Å². The zero-order valence-corrected chi connectivity index (χ0v) is 12.9. The Morgan fingerprint density at radius 3 is 2.14 bits per heavy atom. The van der Waals surface area contributed by atoms with Gasteiger partial charge in [0.25, 0.3) is 0 Å². The van der Waals surface area contributed by atoms with Crippen LogP contribution in [0.1, 0.15) is 33.9 Å². The predicted molar refractivity (Wildman–Crippen MR) is 80.7 cm³/mol. The number of rotatable bonds is 3. The van der Waals surface area contributed by atoms with Crippen LogP contribution >= 0.6 is 11.6 Å². The predicted octanol–water partition coefficient (Wildman–Crippen LogP) is 4.82. The molecule has 0 aliphatic rings. The third-order valence-corrected chi connectivity index (χ3v) is 3.93. The molecular formula is C17H17ClF2O. The maximum absolute atomic E-state index is 13.8. The first-order valence-electron chi connectivity index (χ1n) is 6.69. The summed E-state index contributed by atoms with van der Waals surface area (Å²) in [6, 6.07) is 5.87. The van der Waals surface area contributed by atoms with Gasteiger partial charge in [-0.1, -0.05) is 29.3 Å². The molecule has 2 rings (SSSR count). The Hall–Kier alpha value is -1.45. The van der Waals surface area contributed by atoms with Crippen LogP contribution in [0.2, 0.25) is 5.02 Å². The van der Waals surface area contributed by atoms with Crippen molar-refractivity contribution in [2.75, 3.05) is 0 Å². The Labute approximate surface area is 128 Å². The summed E-state index contributed by atoms with van der Waals surface area (Å²) < 4.78 is 27.3. The first kappa shape index (κ1) is 15.9. The topological polar surface area (TPSA) is 20.2 Å². The van der Waals surface area contributed by atoms with Gasteiger partial charge in [-0.05, 0) is 49.6 Å². The van der Waals surface area contributed by atoms with Crippen LogP contribution in [0.5, 0.6) is 0 Å². The molecule has 0 bridgehead atoms. The summed E-state index contributed by atoms with van der Waals surface area (Å²) in [7, 11) is 0. The molecule has 0 saturated carbocycles. The van der Waals surface area contributed by atoms with Crippen molar-refractivity contribution in [1.82, 2.24) is 0 Å². The second kappa shape index (κ2) is 6.12. The Kier molecular flexibility index (Phi) is 4.64. The van der Waals surface area contributed by atoms with Crippen LogP contribution in [0, 0.1) is 32.4 Å². The van der Waals surface area contributed by atoms with Crippen LogP contribution in [-0.2, 0) is 6.42 Å². The zero-order valence-electron chi connectivity index (χ0n) is 12.2. The van der Waals surface area contributed by atoms with Crippen LogP contribution in [0.25, 0.3) is 0 Å². The van der Waals surface area contributed by atoms with Crippen LogP contribution in [0.15, 0.2) is 24.3 Å². The molecule has 0 aliphatic heterocycles. The van der Waals surface area contributed by atoms with Gasteiger partial charge in [0.05, 0.1) is 11.1 Å². The van der Waals surface area contributed by atoms with E-state index in [1.165, 1.54) is 0 Å². The van der Waals surface area contributed by atoms with Gasteiger partial charge >= 0.3 is 0 Å². The van der Waals surface area contributed by atoms with E-state index in [4.69, 9.17) is 11.6 Å². The molecule has 1 nitrogen and oxygen atoms in total. The van der Waals surface area contributed by atoms with Gasteiger partial charge < -0.3 is 5.11 Å². The van der Waals surface area contributed by atoms with E-state index in [0.717, 1.165) is 34.4 Å². The molecule has 1 atom stereocenters. The maximum Gasteiger partial charge on any atom is 0.142 e. The fourth-order valence-corrected chi connectivity index (χ4v) is 2.78. The summed E-state index contributed by atoms with van der Waals surface area (Å²) in [5.41, 5.74) is 4.06. The van der Waals surface area contributed by atoms with Crippen LogP contribution < -0.4 is 0 Å². The Balaban J connectivity index is 2.35. The minimum absolute atomic E-state index is 0.0729. The molecule has 0 heterocycles. The number of aliphatic hydroxyl groups is 1. The highest BCUT2D eigenvalue weighted by Gasteiger charge is 2.18. The van der Waals surface area contributed by atoms with E-state index in [2.05, 4.69) is 0 Å². The van der Waals surface area contributed by atoms with Crippen LogP contribution in [-0.4, -0.2) is 5.11 Å². The van der Waals surface area contributed by atoms with Crippen molar-refractivity contribution in [2.24, 2.45) is 0 Å². The van der Waals surface area contributed by atoms with Crippen molar-refractivity contribution in [3.63, 3.8) is 0 Å². The lowest BCUT2D eigenvalue weighted by Crippen LogP contribution is -2.08. The molecule has 4 heteroatoms. The highest BCUT2D eigenvalue weighted by molar-refractivity contribution is 6.30. The van der Waals surface area contributed by atoms with Crippen molar-refractivity contribution in [3.05, 3.63) is 68.7 Å². The standard InChI is InChI=1S/C17H17ClF2O/c1-9-4-10(2)12(11(3)5-9)7-17(21)13-6-16(20)14(18)8-15(13)19/h4-6,8,17,21H,7H2,1-3H3. The van der Waals surface area contributed by atoms with E-state index < -0.39 is 17.7 Å². The molecule has 0 aromatic heterocycles. The highest BCUT2D eigenvalue weighted by Crippen LogP contribution is 2.28. The third kappa shape index (κ3) is 3.42. The fourth-order valence-electron chi connectivity index (χ4n) is 2.63. The van der Waals surface area contributed by atoms with Gasteiger partial charge in [0.2, 0.25) is 0 Å². The summed E-state index contributed by atoms with van der Waals surface area (Å²) in [4.78, 5) is 0. The molecule has 1 N–H and O–H groups in total. The highest BCUT2D eigenvalue weighted by atomic mass is 35.5. The van der Waals surface area contributed by atoms with Crippen molar-refractivity contribution >= 4 is 11.6 Å². The summed E-state index contributed by atoms with van der Waals surface area (Å²) in [6.45, 7) is 5.89. The monoisotopic (exact) mass is 310 g/mol. The van der Waals surface area contributed by atoms with Gasteiger partial charge in [0, 0.05) is 12.0 Å². The van der Waals surface area contributed by atoms with E-state index in [1.54, 1.807) is 0 Å². The van der Waals surface area contributed by atoms with Crippen LogP contribution in [0.4, 0.5) is 8.78 Å². The first-order chi connectivity index (χ1) is 9.79. The quantitative estimate of drug-likeness (QED) is 0.806. The molecular weight excluding hydrogens is 294 g/mol. The molecule has 0 fully saturated rings. The summed E-state index contributed by atoms with van der Waals surface area (Å²) in [6.07, 6.45) is -0.882. The lowest BCUT2D eigenvalue weighted by Gasteiger charge is -2.17. The van der Waals surface area contributed by atoms with Gasteiger partial charge in [-0.25, -0.2) is 8.78 Å². The van der Waals surface area contributed by atoms with Gasteiger partial charge in [0.1, 0.15) is 11.6 Å². The van der Waals surface area contributed by atoms with Crippen molar-refractivity contribution in [2.45, 2.75) is 33.3 Å². The van der Waals surface area contributed by atoms with Crippen molar-refractivity contribution in [3.8, 4) is 0 Å². The molecule has 2 aromatic carbocycles. The average molecular weight is 311 g/mol. The second-order valence-corrected chi connectivity index (χ2v) is 5.79. The largest absolute Gasteiger partial charge is 0.388 e. The number of aryl methyl sites for hydroxylation is 3. The normalized spacial score (nSPS) is 12.5. The van der Waals surface area contributed by atoms with Crippen molar-refractivity contribution < 1.29 is 13.9 Å². The molecule has 1 unspecified atom stereocenters. The molecule has 0 aliphatic carbocycles. The average Bonchev–Trinajstić information content (AvgIpc) is 2.37. The third-order valence-electron chi connectivity index (χ3n) is 3.64. The summed E-state index contributed by atoms with van der Waals surface area (Å²) in [5, 5.41) is 9.95. The fraction of sp³-hybridized carbons (Fsp3) is 0.294. The molecule has 0 amide bonds. The smallest absolute Gasteiger partial charge is 0.142 e. The molecule has 0 radical (unpaired) electrons. The molecule has 112 valence electrons. The van der Waals surface area contributed by atoms with E-state index in [9.17, 15) is 13.9 Å². The van der Waals surface area contributed by atoms with E-state index in [-0.39, 0.29) is 17.0 Å². The van der Waals surface area contributed by atoms with Gasteiger partial charge in [-0.2, -0.15) is 0 Å². The van der Waals surface area contributed by atoms with Gasteiger partial charge in [-0.15, -0.1) is 0 Å². The van der Waals surface area contributed by atoms with Crippen molar-refractivity contribution in [1.29, 1.82) is 0 Å². The van der Waals surface area contributed by atoms with Gasteiger partial charge in [0.15, 0.2) is 0 Å².